The van der Waals surface area contributed by atoms with Gasteiger partial charge in [0.1, 0.15) is 0 Å². The van der Waals surface area contributed by atoms with Gasteiger partial charge < -0.3 is 10.2 Å². The van der Waals surface area contributed by atoms with Crippen LogP contribution in [0.25, 0.3) is 0 Å². The predicted molar refractivity (Wildman–Crippen MR) is 70.0 cm³/mol. The molecule has 0 aliphatic heterocycles. The molecule has 15 heavy (non-hydrogen) atoms. The largest absolute Gasteiger partial charge is 0.362 e. The lowest BCUT2D eigenvalue weighted by molar-refractivity contribution is 0.382. The van der Waals surface area contributed by atoms with Crippen molar-refractivity contribution in [2.45, 2.75) is 39.5 Å². The molecule has 1 rings (SSSR count). The number of hydrogen-bond donors (Lipinski definition) is 1. The van der Waals surface area contributed by atoms with Crippen LogP contribution in [-0.2, 0) is 0 Å². The third-order valence-corrected chi connectivity index (χ3v) is 3.47. The minimum absolute atomic E-state index is 0.655. The molecule has 1 aliphatic rings. The number of rotatable bonds is 4. The summed E-state index contributed by atoms with van der Waals surface area (Å²) in [7, 11) is 2.11. The molecule has 0 atom stereocenters. The van der Waals surface area contributed by atoms with Crippen molar-refractivity contribution < 1.29 is 0 Å². The van der Waals surface area contributed by atoms with Gasteiger partial charge in [0, 0.05) is 20.1 Å². The van der Waals surface area contributed by atoms with Crippen LogP contribution in [0.1, 0.15) is 39.5 Å². The molecule has 0 unspecified atom stereocenters. The lowest BCUT2D eigenvalue weighted by Gasteiger charge is -2.24. The second kappa shape index (κ2) is 6.31. The van der Waals surface area contributed by atoms with E-state index in [1.165, 1.54) is 25.7 Å². The fourth-order valence-corrected chi connectivity index (χ4v) is 2.25. The van der Waals surface area contributed by atoms with Crippen molar-refractivity contribution in [2.75, 3.05) is 20.1 Å². The monoisotopic (exact) mass is 228 g/mol. The van der Waals surface area contributed by atoms with Gasteiger partial charge in [0.15, 0.2) is 5.11 Å². The Hall–Kier alpha value is -0.310. The summed E-state index contributed by atoms with van der Waals surface area (Å²) in [5.41, 5.74) is 0. The summed E-state index contributed by atoms with van der Waals surface area (Å²) in [4.78, 5) is 2.20. The molecule has 88 valence electrons. The molecule has 0 amide bonds. The molecule has 0 aromatic rings. The van der Waals surface area contributed by atoms with Crippen molar-refractivity contribution in [3.05, 3.63) is 0 Å². The van der Waals surface area contributed by atoms with Crippen LogP contribution in [0.5, 0.6) is 0 Å². The van der Waals surface area contributed by atoms with Gasteiger partial charge in [-0.15, -0.1) is 0 Å². The highest BCUT2D eigenvalue weighted by molar-refractivity contribution is 7.80. The average Bonchev–Trinajstić information content (AvgIpc) is 2.66. The molecule has 3 heteroatoms. The van der Waals surface area contributed by atoms with Gasteiger partial charge in [0.2, 0.25) is 0 Å². The summed E-state index contributed by atoms with van der Waals surface area (Å²) < 4.78 is 0. The lowest BCUT2D eigenvalue weighted by Crippen LogP contribution is -2.40. The van der Waals surface area contributed by atoms with E-state index < -0.39 is 0 Å². The molecule has 0 aromatic carbocycles. The Balaban J connectivity index is 2.19. The highest BCUT2D eigenvalue weighted by Crippen LogP contribution is 2.25. The lowest BCUT2D eigenvalue weighted by atomic mass is 10.1. The maximum Gasteiger partial charge on any atom is 0.168 e. The predicted octanol–water partition coefficient (Wildman–Crippen LogP) is 2.64. The fraction of sp³-hybridized carbons (Fsp3) is 0.917. The van der Waals surface area contributed by atoms with Crippen molar-refractivity contribution in [1.82, 2.24) is 10.2 Å². The maximum absolute atomic E-state index is 5.34. The zero-order chi connectivity index (χ0) is 11.3. The summed E-state index contributed by atoms with van der Waals surface area (Å²) >= 11 is 5.34. The molecule has 1 fully saturated rings. The van der Waals surface area contributed by atoms with Crippen molar-refractivity contribution in [3.8, 4) is 0 Å². The molecule has 0 aromatic heterocycles. The number of hydrogen-bond acceptors (Lipinski definition) is 1. The van der Waals surface area contributed by atoms with E-state index in [0.29, 0.717) is 5.92 Å². The van der Waals surface area contributed by atoms with Gasteiger partial charge in [0.25, 0.3) is 0 Å². The second-order valence-corrected chi connectivity index (χ2v) is 5.50. The summed E-state index contributed by atoms with van der Waals surface area (Å²) in [5.74, 6) is 1.52. The van der Waals surface area contributed by atoms with Crippen LogP contribution in [0.4, 0.5) is 0 Å². The van der Waals surface area contributed by atoms with Gasteiger partial charge in [-0.05, 0) is 36.9 Å². The van der Waals surface area contributed by atoms with Crippen LogP contribution in [0.2, 0.25) is 0 Å². The molecule has 0 saturated heterocycles. The first-order valence-corrected chi connectivity index (χ1v) is 6.49. The molecule has 0 heterocycles. The molecule has 1 N–H and O–H groups in total. The highest BCUT2D eigenvalue weighted by Gasteiger charge is 2.17. The summed E-state index contributed by atoms with van der Waals surface area (Å²) in [6.07, 6.45) is 5.59. The standard InChI is InChI=1S/C12H24N2S/c1-10(2)8-13-12(15)14(3)9-11-6-4-5-7-11/h10-11H,4-9H2,1-3H3,(H,13,15). The first kappa shape index (κ1) is 12.8. The molecule has 0 spiro atoms. The van der Waals surface area contributed by atoms with E-state index in [-0.39, 0.29) is 0 Å². The van der Waals surface area contributed by atoms with Gasteiger partial charge in [-0.25, -0.2) is 0 Å². The van der Waals surface area contributed by atoms with Crippen molar-refractivity contribution in [1.29, 1.82) is 0 Å². The third kappa shape index (κ3) is 4.83. The minimum Gasteiger partial charge on any atom is -0.362 e. The van der Waals surface area contributed by atoms with Gasteiger partial charge >= 0.3 is 0 Å². The Bertz CT molecular complexity index is 198. The molecule has 1 saturated carbocycles. The fourth-order valence-electron chi connectivity index (χ4n) is 2.09. The molecule has 2 nitrogen and oxygen atoms in total. The summed E-state index contributed by atoms with van der Waals surface area (Å²) in [6.45, 7) is 6.51. The quantitative estimate of drug-likeness (QED) is 0.745. The van der Waals surface area contributed by atoms with Crippen LogP contribution in [0.3, 0.4) is 0 Å². The average molecular weight is 228 g/mol. The summed E-state index contributed by atoms with van der Waals surface area (Å²) in [6, 6.07) is 0. The maximum atomic E-state index is 5.34. The Morgan fingerprint density at radius 2 is 2.00 bits per heavy atom. The zero-order valence-corrected chi connectivity index (χ0v) is 11.1. The van der Waals surface area contributed by atoms with Crippen LogP contribution < -0.4 is 5.32 Å². The van der Waals surface area contributed by atoms with E-state index in [4.69, 9.17) is 12.2 Å². The van der Waals surface area contributed by atoms with Crippen molar-refractivity contribution >= 4 is 17.3 Å². The Kier molecular flexibility index (Phi) is 5.37. The van der Waals surface area contributed by atoms with E-state index in [2.05, 4.69) is 31.1 Å². The van der Waals surface area contributed by atoms with Gasteiger partial charge in [-0.1, -0.05) is 26.7 Å². The molecule has 0 bridgehead atoms. The zero-order valence-electron chi connectivity index (χ0n) is 10.3. The first-order valence-electron chi connectivity index (χ1n) is 6.08. The van der Waals surface area contributed by atoms with E-state index in [9.17, 15) is 0 Å². The normalized spacial score (nSPS) is 17.1. The topological polar surface area (TPSA) is 15.3 Å². The minimum atomic E-state index is 0.655. The van der Waals surface area contributed by atoms with Crippen LogP contribution in [0, 0.1) is 11.8 Å². The first-order chi connectivity index (χ1) is 7.09. The molecule has 1 aliphatic carbocycles. The number of thiocarbonyl (C=S) groups is 1. The van der Waals surface area contributed by atoms with E-state index in [1.54, 1.807) is 0 Å². The van der Waals surface area contributed by atoms with Crippen molar-refractivity contribution in [2.24, 2.45) is 11.8 Å². The Morgan fingerprint density at radius 3 is 2.53 bits per heavy atom. The van der Waals surface area contributed by atoms with E-state index in [1.807, 2.05) is 0 Å². The van der Waals surface area contributed by atoms with Crippen LogP contribution in [-0.4, -0.2) is 30.1 Å². The van der Waals surface area contributed by atoms with Gasteiger partial charge in [-0.3, -0.25) is 0 Å². The number of nitrogens with zero attached hydrogens (tertiary/aromatic N) is 1. The van der Waals surface area contributed by atoms with Crippen LogP contribution >= 0.6 is 12.2 Å². The molecule has 0 radical (unpaired) electrons. The van der Waals surface area contributed by atoms with Crippen molar-refractivity contribution in [3.63, 3.8) is 0 Å². The van der Waals surface area contributed by atoms with Gasteiger partial charge in [-0.2, -0.15) is 0 Å². The third-order valence-electron chi connectivity index (χ3n) is 3.02. The van der Waals surface area contributed by atoms with E-state index in [0.717, 1.165) is 24.1 Å². The molecular formula is C12H24N2S. The SMILES string of the molecule is CC(C)CNC(=S)N(C)CC1CCCC1. The highest BCUT2D eigenvalue weighted by atomic mass is 32.1. The van der Waals surface area contributed by atoms with Crippen LogP contribution in [0.15, 0.2) is 0 Å². The summed E-state index contributed by atoms with van der Waals surface area (Å²) in [5, 5.41) is 4.23. The Labute approximate surface area is 99.4 Å². The smallest absolute Gasteiger partial charge is 0.168 e. The second-order valence-electron chi connectivity index (χ2n) is 5.11. The number of nitrogens with one attached hydrogen (secondary N) is 1. The molecular weight excluding hydrogens is 204 g/mol. The Morgan fingerprint density at radius 1 is 1.40 bits per heavy atom. The van der Waals surface area contributed by atoms with E-state index >= 15 is 0 Å². The van der Waals surface area contributed by atoms with Gasteiger partial charge in [0.05, 0.1) is 0 Å².